The van der Waals surface area contributed by atoms with Crippen LogP contribution in [0.4, 0.5) is 0 Å². The van der Waals surface area contributed by atoms with E-state index in [9.17, 15) is 0 Å². The van der Waals surface area contributed by atoms with Crippen LogP contribution in [0.2, 0.25) is 0 Å². The molecule has 0 N–H and O–H groups in total. The molecule has 0 unspecified atom stereocenters. The zero-order valence-corrected chi connectivity index (χ0v) is 6.08. The van der Waals surface area contributed by atoms with Crippen molar-refractivity contribution in [2.45, 2.75) is 0 Å². The molecule has 1 aliphatic heterocycles. The Labute approximate surface area is 68.8 Å². The third kappa shape index (κ3) is 1.63. The summed E-state index contributed by atoms with van der Waals surface area (Å²) in [7, 11) is 0. The van der Waals surface area contributed by atoms with Crippen LogP contribution in [0, 0.1) is 0 Å². The summed E-state index contributed by atoms with van der Waals surface area (Å²) in [4.78, 5) is 1.10. The van der Waals surface area contributed by atoms with E-state index in [4.69, 9.17) is 27.3 Å². The Hall–Kier alpha value is -0.140. The zero-order chi connectivity index (χ0) is 9.35. The largest absolute Gasteiger partial charge is 0.362 e. The maximum Gasteiger partial charge on any atom is 0.106 e. The minimum absolute atomic E-state index is 0.155. The number of hydrogen-bond donors (Lipinski definition) is 0. The fourth-order valence-corrected chi connectivity index (χ4v) is 0.931. The van der Waals surface area contributed by atoms with Gasteiger partial charge in [0.1, 0.15) is 5.16 Å². The van der Waals surface area contributed by atoms with Crippen molar-refractivity contribution in [2.75, 3.05) is 13.5 Å². The molecule has 0 aromatic carbocycles. The standard InChI is InChI=1S/C6H7Cl2N/c1-9-3-2-5(7)4-6(9)8/h2,4H,3H2,1H3/i1D3. The number of nitrogens with zero attached hydrogens (tertiary/aromatic N) is 1. The second kappa shape index (κ2) is 2.63. The summed E-state index contributed by atoms with van der Waals surface area (Å²) in [6.45, 7) is -1.97. The maximum atomic E-state index is 7.08. The molecule has 0 radical (unpaired) electrons. The number of allylic oxidation sites excluding steroid dienone is 2. The molecule has 0 bridgehead atoms. The molecule has 0 aromatic heterocycles. The highest BCUT2D eigenvalue weighted by Gasteiger charge is 2.04. The van der Waals surface area contributed by atoms with E-state index in [1.165, 1.54) is 6.08 Å². The lowest BCUT2D eigenvalue weighted by atomic mass is 10.4. The summed E-state index contributed by atoms with van der Waals surface area (Å²) in [5, 5.41) is 0.628. The van der Waals surface area contributed by atoms with Gasteiger partial charge in [-0.3, -0.25) is 0 Å². The molecule has 0 aromatic rings. The van der Waals surface area contributed by atoms with Crippen LogP contribution in [-0.2, 0) is 0 Å². The molecule has 0 spiro atoms. The third-order valence-corrected chi connectivity index (χ3v) is 1.56. The Morgan fingerprint density at radius 2 is 2.56 bits per heavy atom. The highest BCUT2D eigenvalue weighted by atomic mass is 35.5. The molecule has 3 heteroatoms. The first-order valence-electron chi connectivity index (χ1n) is 3.92. The first kappa shape index (κ1) is 3.89. The van der Waals surface area contributed by atoms with Gasteiger partial charge in [-0.25, -0.2) is 0 Å². The van der Waals surface area contributed by atoms with Crippen LogP contribution in [0.5, 0.6) is 0 Å². The molecule has 0 saturated heterocycles. The smallest absolute Gasteiger partial charge is 0.106 e. The van der Waals surface area contributed by atoms with Crippen molar-refractivity contribution < 1.29 is 4.11 Å². The molecule has 9 heavy (non-hydrogen) atoms. The van der Waals surface area contributed by atoms with Crippen molar-refractivity contribution in [3.63, 3.8) is 0 Å². The number of likely N-dealkylation sites (N-methyl/N-ethyl adjacent to an activating group) is 1. The minimum Gasteiger partial charge on any atom is -0.362 e. The number of halogens is 2. The highest BCUT2D eigenvalue weighted by molar-refractivity contribution is 6.34. The van der Waals surface area contributed by atoms with Gasteiger partial charge in [-0.05, 0) is 12.2 Å². The summed E-state index contributed by atoms with van der Waals surface area (Å²) in [5.41, 5.74) is 0. The van der Waals surface area contributed by atoms with Crippen molar-refractivity contribution in [2.24, 2.45) is 0 Å². The third-order valence-electron chi connectivity index (χ3n) is 0.984. The van der Waals surface area contributed by atoms with Crippen LogP contribution in [0.3, 0.4) is 0 Å². The molecule has 0 atom stereocenters. The van der Waals surface area contributed by atoms with Gasteiger partial charge in [-0.1, -0.05) is 23.2 Å². The normalized spacial score (nSPS) is 25.6. The van der Waals surface area contributed by atoms with E-state index in [0.29, 0.717) is 5.03 Å². The van der Waals surface area contributed by atoms with Crippen molar-refractivity contribution >= 4 is 23.2 Å². The SMILES string of the molecule is [2H]C([2H])([2H])N1CC=C(Cl)C=C1Cl. The summed E-state index contributed by atoms with van der Waals surface area (Å²) in [5.74, 6) is 0. The van der Waals surface area contributed by atoms with Crippen molar-refractivity contribution in [1.29, 1.82) is 0 Å². The van der Waals surface area contributed by atoms with Gasteiger partial charge in [-0.2, -0.15) is 0 Å². The number of rotatable bonds is 0. The number of hydrogen-bond acceptors (Lipinski definition) is 1. The quantitative estimate of drug-likeness (QED) is 0.499. The van der Waals surface area contributed by atoms with Crippen LogP contribution < -0.4 is 0 Å². The Kier molecular flexibility index (Phi) is 1.14. The van der Waals surface area contributed by atoms with E-state index in [-0.39, 0.29) is 11.7 Å². The fourth-order valence-electron chi connectivity index (χ4n) is 0.516. The van der Waals surface area contributed by atoms with E-state index in [1.807, 2.05) is 0 Å². The minimum atomic E-state index is -2.19. The Morgan fingerprint density at radius 1 is 1.78 bits per heavy atom. The monoisotopic (exact) mass is 166 g/mol. The molecule has 0 fully saturated rings. The van der Waals surface area contributed by atoms with Gasteiger partial charge in [0, 0.05) is 22.7 Å². The van der Waals surface area contributed by atoms with Gasteiger partial charge in [0.25, 0.3) is 0 Å². The topological polar surface area (TPSA) is 3.24 Å². The second-order valence-corrected chi connectivity index (χ2v) is 2.49. The van der Waals surface area contributed by atoms with Gasteiger partial charge >= 0.3 is 0 Å². The van der Waals surface area contributed by atoms with Crippen molar-refractivity contribution in [3.8, 4) is 0 Å². The van der Waals surface area contributed by atoms with E-state index in [1.54, 1.807) is 6.08 Å². The molecule has 1 heterocycles. The summed E-state index contributed by atoms with van der Waals surface area (Å²) >= 11 is 11.3. The van der Waals surface area contributed by atoms with Crippen LogP contribution in [0.1, 0.15) is 4.11 Å². The van der Waals surface area contributed by atoms with Crippen LogP contribution in [-0.4, -0.2) is 18.4 Å². The molecular formula is C6H7Cl2N. The Bertz CT molecular complexity index is 244. The molecule has 1 rings (SSSR count). The highest BCUT2D eigenvalue weighted by Crippen LogP contribution is 2.18. The summed E-state index contributed by atoms with van der Waals surface area (Å²) in [6, 6.07) is 0. The van der Waals surface area contributed by atoms with Crippen molar-refractivity contribution in [1.82, 2.24) is 4.90 Å². The molecule has 0 saturated carbocycles. The fraction of sp³-hybridized carbons (Fsp3) is 0.333. The molecule has 0 aliphatic carbocycles. The zero-order valence-electron chi connectivity index (χ0n) is 7.56. The molecule has 0 amide bonds. The van der Waals surface area contributed by atoms with Crippen molar-refractivity contribution in [3.05, 3.63) is 22.3 Å². The first-order chi connectivity index (χ1) is 5.41. The molecule has 1 nitrogen and oxygen atoms in total. The lowest BCUT2D eigenvalue weighted by Gasteiger charge is -2.18. The molecule has 1 aliphatic rings. The lowest BCUT2D eigenvalue weighted by Crippen LogP contribution is -2.16. The lowest BCUT2D eigenvalue weighted by molar-refractivity contribution is 0.489. The Morgan fingerprint density at radius 3 is 3.11 bits per heavy atom. The predicted octanol–water partition coefficient (Wildman–Crippen LogP) is 2.13. The second-order valence-electron chi connectivity index (χ2n) is 1.67. The van der Waals surface area contributed by atoms with Crippen LogP contribution >= 0.6 is 23.2 Å². The van der Waals surface area contributed by atoms with Gasteiger partial charge < -0.3 is 4.90 Å². The van der Waals surface area contributed by atoms with E-state index >= 15 is 0 Å². The van der Waals surface area contributed by atoms with E-state index < -0.39 is 6.98 Å². The van der Waals surface area contributed by atoms with Gasteiger partial charge in [0.2, 0.25) is 0 Å². The molecule has 50 valence electrons. The van der Waals surface area contributed by atoms with Crippen LogP contribution in [0.25, 0.3) is 0 Å². The van der Waals surface area contributed by atoms with Gasteiger partial charge in [0.15, 0.2) is 0 Å². The molecular weight excluding hydrogens is 157 g/mol. The average molecular weight is 167 g/mol. The first-order valence-corrected chi connectivity index (χ1v) is 3.17. The van der Waals surface area contributed by atoms with Crippen LogP contribution in [0.15, 0.2) is 22.3 Å². The van der Waals surface area contributed by atoms with Gasteiger partial charge in [0.05, 0.1) is 0 Å². The predicted molar refractivity (Wildman–Crippen MR) is 40.5 cm³/mol. The summed E-state index contributed by atoms with van der Waals surface area (Å²) in [6.07, 6.45) is 3.01. The summed E-state index contributed by atoms with van der Waals surface area (Å²) < 4.78 is 21.3. The van der Waals surface area contributed by atoms with E-state index in [0.717, 1.165) is 4.90 Å². The van der Waals surface area contributed by atoms with E-state index in [2.05, 4.69) is 0 Å². The average Bonchev–Trinajstić information content (AvgIpc) is 1.83. The maximum absolute atomic E-state index is 7.08. The Balaban J connectivity index is 2.82. The van der Waals surface area contributed by atoms with Gasteiger partial charge in [-0.15, -0.1) is 0 Å².